The van der Waals surface area contributed by atoms with Crippen molar-refractivity contribution in [3.8, 4) is 0 Å². The van der Waals surface area contributed by atoms with Crippen LogP contribution in [0.15, 0.2) is 30.5 Å². The lowest BCUT2D eigenvalue weighted by molar-refractivity contribution is 0.0526. The molecule has 25 heavy (non-hydrogen) atoms. The van der Waals surface area contributed by atoms with Crippen molar-refractivity contribution in [2.75, 3.05) is 17.2 Å². The maximum Gasteiger partial charge on any atom is 0.338 e. The highest BCUT2D eigenvalue weighted by Crippen LogP contribution is 2.21. The summed E-state index contributed by atoms with van der Waals surface area (Å²) in [5, 5.41) is 14.5. The van der Waals surface area contributed by atoms with Gasteiger partial charge < -0.3 is 15.4 Å². The van der Waals surface area contributed by atoms with Crippen LogP contribution >= 0.6 is 0 Å². The molecule has 1 aromatic carbocycles. The van der Waals surface area contributed by atoms with Gasteiger partial charge in [0.15, 0.2) is 5.82 Å². The number of carbonyl (C=O) groups is 1. The largest absolute Gasteiger partial charge is 0.462 e. The molecule has 0 spiro atoms. The number of anilines is 3. The molecule has 0 atom stereocenters. The molecular weight excluding hydrogens is 318 g/mol. The fourth-order valence-corrected chi connectivity index (χ4v) is 2.92. The van der Waals surface area contributed by atoms with Gasteiger partial charge in [-0.2, -0.15) is 10.1 Å². The highest BCUT2D eigenvalue weighted by Gasteiger charge is 2.14. The first-order valence-electron chi connectivity index (χ1n) is 8.75. The molecular formula is C18H23N5O2. The molecule has 0 amide bonds. The van der Waals surface area contributed by atoms with Gasteiger partial charge >= 0.3 is 5.97 Å². The molecule has 0 bridgehead atoms. The van der Waals surface area contributed by atoms with E-state index in [0.717, 1.165) is 11.5 Å². The fourth-order valence-electron chi connectivity index (χ4n) is 2.92. The molecule has 1 saturated carbocycles. The van der Waals surface area contributed by atoms with Crippen molar-refractivity contribution in [3.05, 3.63) is 36.0 Å². The maximum atomic E-state index is 11.7. The zero-order valence-electron chi connectivity index (χ0n) is 14.4. The third kappa shape index (κ3) is 4.89. The predicted octanol–water partition coefficient (Wildman–Crippen LogP) is 3.54. The molecule has 7 heteroatoms. The number of hydrogen-bond donors (Lipinski definition) is 2. The van der Waals surface area contributed by atoms with Gasteiger partial charge in [-0.15, -0.1) is 5.10 Å². The Hall–Kier alpha value is -2.70. The van der Waals surface area contributed by atoms with Gasteiger partial charge in [0.05, 0.1) is 18.4 Å². The minimum atomic E-state index is -0.328. The Balaban J connectivity index is 1.62. The second-order valence-corrected chi connectivity index (χ2v) is 6.07. The first kappa shape index (κ1) is 17.1. The quantitative estimate of drug-likeness (QED) is 0.777. The summed E-state index contributed by atoms with van der Waals surface area (Å²) in [5.74, 6) is 0.822. The second kappa shape index (κ2) is 8.41. The minimum Gasteiger partial charge on any atom is -0.462 e. The third-order valence-electron chi connectivity index (χ3n) is 4.17. The molecule has 2 aromatic rings. The van der Waals surface area contributed by atoms with Gasteiger partial charge in [-0.1, -0.05) is 19.3 Å². The van der Waals surface area contributed by atoms with Crippen molar-refractivity contribution in [1.29, 1.82) is 0 Å². The molecule has 132 valence electrons. The van der Waals surface area contributed by atoms with Crippen LogP contribution in [0, 0.1) is 0 Å². The number of esters is 1. The molecule has 3 rings (SSSR count). The van der Waals surface area contributed by atoms with Crippen LogP contribution in [0.25, 0.3) is 0 Å². The van der Waals surface area contributed by atoms with Gasteiger partial charge in [-0.25, -0.2) is 4.79 Å². The van der Waals surface area contributed by atoms with Crippen LogP contribution < -0.4 is 10.6 Å². The standard InChI is InChI=1S/C18H23N5O2/c1-2-25-17(24)13-8-10-15(11-9-13)21-18-22-16(12-19-23-18)20-14-6-4-3-5-7-14/h8-12,14H,2-7H2,1H3,(H2,20,21,22,23). The molecule has 1 fully saturated rings. The van der Waals surface area contributed by atoms with E-state index in [9.17, 15) is 4.79 Å². The Kier molecular flexibility index (Phi) is 5.77. The number of carbonyl (C=O) groups excluding carboxylic acids is 1. The third-order valence-corrected chi connectivity index (χ3v) is 4.17. The van der Waals surface area contributed by atoms with Crippen LogP contribution in [-0.2, 0) is 4.74 Å². The van der Waals surface area contributed by atoms with Crippen molar-refractivity contribution in [2.24, 2.45) is 0 Å². The Morgan fingerprint density at radius 2 is 1.96 bits per heavy atom. The molecule has 0 saturated heterocycles. The van der Waals surface area contributed by atoms with E-state index in [0.29, 0.717) is 24.2 Å². The number of benzene rings is 1. The van der Waals surface area contributed by atoms with E-state index in [2.05, 4.69) is 25.8 Å². The van der Waals surface area contributed by atoms with Crippen LogP contribution in [0.1, 0.15) is 49.4 Å². The van der Waals surface area contributed by atoms with Gasteiger partial charge in [-0.05, 0) is 44.0 Å². The van der Waals surface area contributed by atoms with Crippen LogP contribution in [0.5, 0.6) is 0 Å². The van der Waals surface area contributed by atoms with Crippen molar-refractivity contribution >= 4 is 23.4 Å². The van der Waals surface area contributed by atoms with Gasteiger partial charge in [0.1, 0.15) is 0 Å². The van der Waals surface area contributed by atoms with E-state index in [1.54, 1.807) is 37.4 Å². The number of hydrogen-bond acceptors (Lipinski definition) is 7. The van der Waals surface area contributed by atoms with E-state index in [4.69, 9.17) is 4.74 Å². The summed E-state index contributed by atoms with van der Waals surface area (Å²) in [6.45, 7) is 2.14. The van der Waals surface area contributed by atoms with E-state index < -0.39 is 0 Å². The van der Waals surface area contributed by atoms with Gasteiger partial charge in [-0.3, -0.25) is 0 Å². The Bertz CT molecular complexity index is 699. The fraction of sp³-hybridized carbons (Fsp3) is 0.444. The molecule has 7 nitrogen and oxygen atoms in total. The molecule has 0 unspecified atom stereocenters. The summed E-state index contributed by atoms with van der Waals surface area (Å²) in [4.78, 5) is 16.1. The van der Waals surface area contributed by atoms with Crippen LogP contribution in [0.4, 0.5) is 17.5 Å². The summed E-state index contributed by atoms with van der Waals surface area (Å²) in [5.41, 5.74) is 1.30. The van der Waals surface area contributed by atoms with E-state index >= 15 is 0 Å². The van der Waals surface area contributed by atoms with E-state index in [1.165, 1.54) is 32.1 Å². The summed E-state index contributed by atoms with van der Waals surface area (Å²) in [7, 11) is 0. The molecule has 1 aliphatic rings. The first-order chi connectivity index (χ1) is 12.2. The van der Waals surface area contributed by atoms with Gasteiger partial charge in [0, 0.05) is 11.7 Å². The van der Waals surface area contributed by atoms with Crippen LogP contribution in [0.3, 0.4) is 0 Å². The van der Waals surface area contributed by atoms with Crippen molar-refractivity contribution < 1.29 is 9.53 Å². The second-order valence-electron chi connectivity index (χ2n) is 6.07. The summed E-state index contributed by atoms with van der Waals surface area (Å²) >= 11 is 0. The van der Waals surface area contributed by atoms with Crippen molar-refractivity contribution in [1.82, 2.24) is 15.2 Å². The molecule has 1 aliphatic carbocycles. The summed E-state index contributed by atoms with van der Waals surface area (Å²) in [6.07, 6.45) is 7.81. The maximum absolute atomic E-state index is 11.7. The average Bonchev–Trinajstić information content (AvgIpc) is 2.64. The number of nitrogens with one attached hydrogen (secondary N) is 2. The lowest BCUT2D eigenvalue weighted by Crippen LogP contribution is -2.23. The average molecular weight is 341 g/mol. The molecule has 0 aliphatic heterocycles. The zero-order valence-corrected chi connectivity index (χ0v) is 14.4. The van der Waals surface area contributed by atoms with Crippen LogP contribution in [0.2, 0.25) is 0 Å². The lowest BCUT2D eigenvalue weighted by atomic mass is 9.96. The number of rotatable bonds is 6. The van der Waals surface area contributed by atoms with E-state index in [1.807, 2.05) is 0 Å². The summed E-state index contributed by atoms with van der Waals surface area (Å²) in [6, 6.07) is 7.45. The van der Waals surface area contributed by atoms with E-state index in [-0.39, 0.29) is 5.97 Å². The predicted molar refractivity (Wildman–Crippen MR) is 96.0 cm³/mol. The highest BCUT2D eigenvalue weighted by atomic mass is 16.5. The first-order valence-corrected chi connectivity index (χ1v) is 8.75. The smallest absolute Gasteiger partial charge is 0.338 e. The zero-order chi connectivity index (χ0) is 17.5. The molecule has 0 radical (unpaired) electrons. The minimum absolute atomic E-state index is 0.328. The Morgan fingerprint density at radius 1 is 1.20 bits per heavy atom. The number of ether oxygens (including phenoxy) is 1. The molecule has 1 aromatic heterocycles. The number of nitrogens with zero attached hydrogens (tertiary/aromatic N) is 3. The monoisotopic (exact) mass is 341 g/mol. The number of aromatic nitrogens is 3. The molecule has 2 N–H and O–H groups in total. The van der Waals surface area contributed by atoms with Gasteiger partial charge in [0.2, 0.25) is 5.95 Å². The van der Waals surface area contributed by atoms with Crippen molar-refractivity contribution in [3.63, 3.8) is 0 Å². The normalized spacial score (nSPS) is 14.8. The Morgan fingerprint density at radius 3 is 2.68 bits per heavy atom. The van der Waals surface area contributed by atoms with Crippen molar-refractivity contribution in [2.45, 2.75) is 45.1 Å². The highest BCUT2D eigenvalue weighted by molar-refractivity contribution is 5.89. The van der Waals surface area contributed by atoms with Gasteiger partial charge in [0.25, 0.3) is 0 Å². The Labute approximate surface area is 147 Å². The lowest BCUT2D eigenvalue weighted by Gasteiger charge is -2.23. The SMILES string of the molecule is CCOC(=O)c1ccc(Nc2nncc(NC3CCCCC3)n2)cc1. The van der Waals surface area contributed by atoms with Crippen LogP contribution in [-0.4, -0.2) is 33.8 Å². The summed E-state index contributed by atoms with van der Waals surface area (Å²) < 4.78 is 4.97. The topological polar surface area (TPSA) is 89.0 Å². The molecule has 1 heterocycles.